The van der Waals surface area contributed by atoms with Crippen molar-refractivity contribution in [1.29, 1.82) is 0 Å². The van der Waals surface area contributed by atoms with Crippen LogP contribution in [0.5, 0.6) is 0 Å². The molecule has 0 aliphatic heterocycles. The molecule has 0 aromatic heterocycles. The van der Waals surface area contributed by atoms with Crippen molar-refractivity contribution in [3.63, 3.8) is 0 Å². The molecule has 1 aliphatic carbocycles. The van der Waals surface area contributed by atoms with Gasteiger partial charge in [-0.25, -0.2) is 0 Å². The Morgan fingerprint density at radius 2 is 1.60 bits per heavy atom. The Morgan fingerprint density at radius 1 is 0.850 bits per heavy atom. The summed E-state index contributed by atoms with van der Waals surface area (Å²) in [6, 6.07) is 16.1. The van der Waals surface area contributed by atoms with Crippen molar-refractivity contribution < 1.29 is 0 Å². The summed E-state index contributed by atoms with van der Waals surface area (Å²) in [5, 5.41) is 3.67. The number of hydrogen-bond donors (Lipinski definition) is 1. The average molecular weight is 265 g/mol. The van der Waals surface area contributed by atoms with E-state index < -0.39 is 0 Å². The quantitative estimate of drug-likeness (QED) is 0.826. The Labute approximate surface area is 122 Å². The molecule has 2 aromatic carbocycles. The van der Waals surface area contributed by atoms with Gasteiger partial charge in [-0.2, -0.15) is 0 Å². The monoisotopic (exact) mass is 265 g/mol. The lowest BCUT2D eigenvalue weighted by atomic mass is 9.74. The van der Waals surface area contributed by atoms with Gasteiger partial charge in [-0.1, -0.05) is 30.3 Å². The van der Waals surface area contributed by atoms with Crippen LogP contribution in [0, 0.1) is 20.8 Å². The first kappa shape index (κ1) is 13.2. The van der Waals surface area contributed by atoms with Crippen molar-refractivity contribution >= 4 is 5.69 Å². The van der Waals surface area contributed by atoms with E-state index in [2.05, 4.69) is 68.6 Å². The number of aryl methyl sites for hydroxylation is 3. The van der Waals surface area contributed by atoms with Gasteiger partial charge in [-0.15, -0.1) is 0 Å². The summed E-state index contributed by atoms with van der Waals surface area (Å²) in [4.78, 5) is 0. The molecule has 1 nitrogen and oxygen atoms in total. The maximum atomic E-state index is 3.67. The highest BCUT2D eigenvalue weighted by Crippen LogP contribution is 2.39. The lowest BCUT2D eigenvalue weighted by molar-refractivity contribution is 0.373. The summed E-state index contributed by atoms with van der Waals surface area (Å²) >= 11 is 0. The van der Waals surface area contributed by atoms with Crippen LogP contribution in [-0.2, 0) is 0 Å². The van der Waals surface area contributed by atoms with E-state index in [-0.39, 0.29) is 0 Å². The maximum Gasteiger partial charge on any atom is 0.0345 e. The Bertz CT molecular complexity index is 609. The molecule has 1 fully saturated rings. The lowest BCUT2D eigenvalue weighted by Crippen LogP contribution is -2.34. The van der Waals surface area contributed by atoms with E-state index in [1.165, 1.54) is 40.8 Å². The zero-order valence-electron chi connectivity index (χ0n) is 12.6. The summed E-state index contributed by atoms with van der Waals surface area (Å²) in [6.07, 6.45) is 2.50. The lowest BCUT2D eigenvalue weighted by Gasteiger charge is -2.37. The highest BCUT2D eigenvalue weighted by atomic mass is 14.9. The molecule has 2 aromatic rings. The number of nitrogens with one attached hydrogen (secondary N) is 1. The molecule has 20 heavy (non-hydrogen) atoms. The number of benzene rings is 2. The molecule has 1 heteroatoms. The van der Waals surface area contributed by atoms with E-state index in [1.807, 2.05) is 0 Å². The standard InChI is InChI=1S/C19H23N/c1-13-8-9-17(10-15(13)3)20-18-11-16(12-18)19-7-5-4-6-14(19)2/h4-10,16,18,20H,11-12H2,1-3H3. The molecule has 0 amide bonds. The molecule has 0 radical (unpaired) electrons. The minimum Gasteiger partial charge on any atom is -0.382 e. The molecule has 0 saturated heterocycles. The highest BCUT2D eigenvalue weighted by molar-refractivity contribution is 5.49. The second kappa shape index (κ2) is 5.32. The largest absolute Gasteiger partial charge is 0.382 e. The number of anilines is 1. The highest BCUT2D eigenvalue weighted by Gasteiger charge is 2.30. The number of hydrogen-bond acceptors (Lipinski definition) is 1. The predicted molar refractivity (Wildman–Crippen MR) is 86.5 cm³/mol. The van der Waals surface area contributed by atoms with Gasteiger partial charge in [0.25, 0.3) is 0 Å². The molecule has 1 saturated carbocycles. The predicted octanol–water partition coefficient (Wildman–Crippen LogP) is 4.97. The van der Waals surface area contributed by atoms with Crippen LogP contribution in [0.1, 0.15) is 41.0 Å². The molecule has 0 heterocycles. The van der Waals surface area contributed by atoms with Crippen LogP contribution in [-0.4, -0.2) is 6.04 Å². The summed E-state index contributed by atoms with van der Waals surface area (Å²) < 4.78 is 0. The summed E-state index contributed by atoms with van der Waals surface area (Å²) in [5.74, 6) is 0.736. The first-order valence-electron chi connectivity index (χ1n) is 7.53. The zero-order valence-corrected chi connectivity index (χ0v) is 12.6. The van der Waals surface area contributed by atoms with Crippen LogP contribution >= 0.6 is 0 Å². The molecule has 0 spiro atoms. The maximum absolute atomic E-state index is 3.67. The van der Waals surface area contributed by atoms with Gasteiger partial charge in [0.15, 0.2) is 0 Å². The molecule has 0 bridgehead atoms. The van der Waals surface area contributed by atoms with E-state index in [4.69, 9.17) is 0 Å². The van der Waals surface area contributed by atoms with Crippen molar-refractivity contribution in [2.45, 2.75) is 45.6 Å². The van der Waals surface area contributed by atoms with Crippen LogP contribution in [0.4, 0.5) is 5.69 Å². The molecule has 1 N–H and O–H groups in total. The van der Waals surface area contributed by atoms with E-state index in [1.54, 1.807) is 0 Å². The summed E-state index contributed by atoms with van der Waals surface area (Å²) in [6.45, 7) is 6.56. The van der Waals surface area contributed by atoms with Crippen LogP contribution in [0.2, 0.25) is 0 Å². The average Bonchev–Trinajstić information content (AvgIpc) is 2.39. The Morgan fingerprint density at radius 3 is 2.30 bits per heavy atom. The summed E-state index contributed by atoms with van der Waals surface area (Å²) in [5.41, 5.74) is 6.96. The summed E-state index contributed by atoms with van der Waals surface area (Å²) in [7, 11) is 0. The first-order valence-corrected chi connectivity index (χ1v) is 7.53. The van der Waals surface area contributed by atoms with Crippen molar-refractivity contribution in [2.75, 3.05) is 5.32 Å². The minimum absolute atomic E-state index is 0.627. The fourth-order valence-corrected chi connectivity index (χ4v) is 3.10. The normalized spacial score (nSPS) is 21.4. The molecule has 0 atom stereocenters. The van der Waals surface area contributed by atoms with Gasteiger partial charge in [-0.05, 0) is 73.9 Å². The number of rotatable bonds is 3. The second-order valence-electron chi connectivity index (χ2n) is 6.17. The molecule has 3 rings (SSSR count). The van der Waals surface area contributed by atoms with Crippen molar-refractivity contribution in [3.05, 3.63) is 64.7 Å². The van der Waals surface area contributed by atoms with E-state index >= 15 is 0 Å². The van der Waals surface area contributed by atoms with E-state index in [9.17, 15) is 0 Å². The molecule has 0 unspecified atom stereocenters. The third-order valence-electron chi connectivity index (χ3n) is 4.64. The SMILES string of the molecule is Cc1ccc(NC2CC(c3ccccc3C)C2)cc1C. The Kier molecular flexibility index (Phi) is 3.52. The van der Waals surface area contributed by atoms with Crippen molar-refractivity contribution in [2.24, 2.45) is 0 Å². The fourth-order valence-electron chi connectivity index (χ4n) is 3.10. The smallest absolute Gasteiger partial charge is 0.0345 e. The van der Waals surface area contributed by atoms with Crippen molar-refractivity contribution in [1.82, 2.24) is 0 Å². The van der Waals surface area contributed by atoms with Gasteiger partial charge >= 0.3 is 0 Å². The van der Waals surface area contributed by atoms with Crippen LogP contribution in [0.3, 0.4) is 0 Å². The Balaban J connectivity index is 1.61. The minimum atomic E-state index is 0.627. The third kappa shape index (κ3) is 2.58. The van der Waals surface area contributed by atoms with E-state index in [0.717, 1.165) is 5.92 Å². The molecular formula is C19H23N. The van der Waals surface area contributed by atoms with Gasteiger partial charge < -0.3 is 5.32 Å². The Hall–Kier alpha value is -1.76. The van der Waals surface area contributed by atoms with Gasteiger partial charge in [0.1, 0.15) is 0 Å². The topological polar surface area (TPSA) is 12.0 Å². The van der Waals surface area contributed by atoms with E-state index in [0.29, 0.717) is 6.04 Å². The van der Waals surface area contributed by atoms with Gasteiger partial charge in [0.05, 0.1) is 0 Å². The second-order valence-corrected chi connectivity index (χ2v) is 6.17. The molecule has 104 valence electrons. The van der Waals surface area contributed by atoms with Gasteiger partial charge in [0, 0.05) is 11.7 Å². The van der Waals surface area contributed by atoms with Crippen LogP contribution in [0.15, 0.2) is 42.5 Å². The molecular weight excluding hydrogens is 242 g/mol. The van der Waals surface area contributed by atoms with Crippen LogP contribution < -0.4 is 5.32 Å². The molecule has 1 aliphatic rings. The third-order valence-corrected chi connectivity index (χ3v) is 4.64. The fraction of sp³-hybridized carbons (Fsp3) is 0.368. The van der Waals surface area contributed by atoms with Crippen LogP contribution in [0.25, 0.3) is 0 Å². The zero-order chi connectivity index (χ0) is 14.1. The van der Waals surface area contributed by atoms with Gasteiger partial charge in [0.2, 0.25) is 0 Å². The van der Waals surface area contributed by atoms with Crippen molar-refractivity contribution in [3.8, 4) is 0 Å². The van der Waals surface area contributed by atoms with Gasteiger partial charge in [-0.3, -0.25) is 0 Å². The first-order chi connectivity index (χ1) is 9.63.